The van der Waals surface area contributed by atoms with Crippen LogP contribution < -0.4 is 10.1 Å². The second kappa shape index (κ2) is 11.3. The van der Waals surface area contributed by atoms with Gasteiger partial charge in [0, 0.05) is 22.8 Å². The van der Waals surface area contributed by atoms with Crippen LogP contribution in [0.3, 0.4) is 0 Å². The quantitative estimate of drug-likeness (QED) is 0.133. The molecule has 0 aliphatic heterocycles. The zero-order chi connectivity index (χ0) is 24.8. The van der Waals surface area contributed by atoms with E-state index in [1.165, 1.54) is 18.2 Å². The third-order valence-electron chi connectivity index (χ3n) is 4.67. The maximum absolute atomic E-state index is 12.6. The van der Waals surface area contributed by atoms with Gasteiger partial charge in [0.25, 0.3) is 11.6 Å². The number of aryl methyl sites for hydroxylation is 1. The van der Waals surface area contributed by atoms with Crippen molar-refractivity contribution in [1.82, 2.24) is 0 Å². The molecule has 0 spiro atoms. The minimum absolute atomic E-state index is 0.00473. The van der Waals surface area contributed by atoms with E-state index in [2.05, 4.69) is 37.2 Å². The lowest BCUT2D eigenvalue weighted by Gasteiger charge is -2.12. The number of amides is 1. The van der Waals surface area contributed by atoms with Gasteiger partial charge in [0.2, 0.25) is 0 Å². The predicted octanol–water partition coefficient (Wildman–Crippen LogP) is 7.21. The van der Waals surface area contributed by atoms with Gasteiger partial charge in [0.05, 0.1) is 13.9 Å². The number of non-ortho nitro benzene ring substituents is 1. The Morgan fingerprint density at radius 1 is 1.18 bits per heavy atom. The van der Waals surface area contributed by atoms with Crippen molar-refractivity contribution in [3.8, 4) is 11.8 Å². The number of nitrogens with one attached hydrogen (secondary N) is 1. The summed E-state index contributed by atoms with van der Waals surface area (Å²) in [6.45, 7) is 2.01. The highest BCUT2D eigenvalue weighted by atomic mass is 79.9. The number of rotatable bonds is 7. The van der Waals surface area contributed by atoms with Crippen LogP contribution in [0.2, 0.25) is 5.02 Å². The van der Waals surface area contributed by atoms with Crippen LogP contribution in [-0.2, 0) is 11.4 Å². The second-order valence-electron chi connectivity index (χ2n) is 7.11. The van der Waals surface area contributed by atoms with Gasteiger partial charge in [0.1, 0.15) is 24.0 Å². The maximum atomic E-state index is 12.6. The lowest BCUT2D eigenvalue weighted by atomic mass is 10.1. The van der Waals surface area contributed by atoms with Crippen LogP contribution in [0.1, 0.15) is 16.7 Å². The first-order valence-corrected chi connectivity index (χ1v) is 11.7. The van der Waals surface area contributed by atoms with E-state index < -0.39 is 10.8 Å². The summed E-state index contributed by atoms with van der Waals surface area (Å²) in [4.78, 5) is 23.0. The number of ether oxygens (including phenoxy) is 1. The topological polar surface area (TPSA) is 105 Å². The van der Waals surface area contributed by atoms with Crippen molar-refractivity contribution in [1.29, 1.82) is 5.26 Å². The van der Waals surface area contributed by atoms with Gasteiger partial charge in [-0.25, -0.2) is 0 Å². The summed E-state index contributed by atoms with van der Waals surface area (Å²) in [7, 11) is 0. The molecule has 1 amide bonds. The van der Waals surface area contributed by atoms with E-state index in [4.69, 9.17) is 16.3 Å². The van der Waals surface area contributed by atoms with Gasteiger partial charge in [-0.2, -0.15) is 5.26 Å². The molecule has 1 N–H and O–H groups in total. The standard InChI is InChI=1S/C24H16Br2ClN3O4/c1-14-2-5-18(27)11-22(14)29-24(31)17(12-28)8-16-9-20(25)23(21(26)10-16)34-13-15-3-6-19(7-4-15)30(32)33/h2-11H,13H2,1H3,(H,29,31)/b17-8+. The fourth-order valence-corrected chi connectivity index (χ4v) is 4.53. The van der Waals surface area contributed by atoms with Crippen molar-refractivity contribution in [2.24, 2.45) is 0 Å². The number of nitro groups is 1. The number of benzene rings is 3. The lowest BCUT2D eigenvalue weighted by molar-refractivity contribution is -0.384. The molecule has 0 saturated heterocycles. The van der Waals surface area contributed by atoms with Crippen molar-refractivity contribution in [2.75, 3.05) is 5.32 Å². The summed E-state index contributed by atoms with van der Waals surface area (Å²) in [6, 6.07) is 16.5. The molecule has 0 aliphatic rings. The van der Waals surface area contributed by atoms with E-state index in [9.17, 15) is 20.2 Å². The van der Waals surface area contributed by atoms with Gasteiger partial charge in [-0.15, -0.1) is 0 Å². The molecule has 10 heteroatoms. The van der Waals surface area contributed by atoms with Gasteiger partial charge in [-0.1, -0.05) is 17.7 Å². The zero-order valence-corrected chi connectivity index (χ0v) is 21.6. The number of carbonyl (C=O) groups excluding carboxylic acids is 1. The average Bonchev–Trinajstić information content (AvgIpc) is 2.79. The third-order valence-corrected chi connectivity index (χ3v) is 6.09. The molecule has 0 bridgehead atoms. The summed E-state index contributed by atoms with van der Waals surface area (Å²) in [5.74, 6) is -0.0494. The highest BCUT2D eigenvalue weighted by Gasteiger charge is 2.14. The Kier molecular flexibility index (Phi) is 8.45. The van der Waals surface area contributed by atoms with E-state index in [0.717, 1.165) is 11.1 Å². The number of nitrogens with zero attached hydrogens (tertiary/aromatic N) is 2. The van der Waals surface area contributed by atoms with Crippen LogP contribution in [0.4, 0.5) is 11.4 Å². The Bertz CT molecular complexity index is 1310. The molecule has 3 aromatic carbocycles. The molecule has 0 aromatic heterocycles. The molecule has 0 unspecified atom stereocenters. The molecular formula is C24H16Br2ClN3O4. The summed E-state index contributed by atoms with van der Waals surface area (Å²) in [5, 5.41) is 23.5. The molecule has 0 atom stereocenters. The van der Waals surface area contributed by atoms with Crippen molar-refractivity contribution >= 4 is 66.8 Å². The number of halogens is 3. The molecule has 0 aliphatic carbocycles. The Morgan fingerprint density at radius 3 is 2.41 bits per heavy atom. The van der Waals surface area contributed by atoms with E-state index >= 15 is 0 Å². The summed E-state index contributed by atoms with van der Waals surface area (Å²) >= 11 is 12.9. The molecular weight excluding hydrogens is 590 g/mol. The van der Waals surface area contributed by atoms with Crippen molar-refractivity contribution in [2.45, 2.75) is 13.5 Å². The Morgan fingerprint density at radius 2 is 1.82 bits per heavy atom. The SMILES string of the molecule is Cc1ccc(Cl)cc1NC(=O)/C(C#N)=C/c1cc(Br)c(OCc2ccc([N+](=O)[O-])cc2)c(Br)c1. The fraction of sp³-hybridized carbons (Fsp3) is 0.0833. The molecule has 7 nitrogen and oxygen atoms in total. The minimum atomic E-state index is -0.557. The number of anilines is 1. The average molecular weight is 606 g/mol. The highest BCUT2D eigenvalue weighted by molar-refractivity contribution is 9.11. The number of hydrogen-bond donors (Lipinski definition) is 1. The van der Waals surface area contributed by atoms with Gasteiger partial charge in [0.15, 0.2) is 0 Å². The lowest BCUT2D eigenvalue weighted by Crippen LogP contribution is -2.14. The minimum Gasteiger partial charge on any atom is -0.487 e. The Balaban J connectivity index is 1.76. The maximum Gasteiger partial charge on any atom is 0.269 e. The second-order valence-corrected chi connectivity index (χ2v) is 9.25. The molecule has 3 aromatic rings. The highest BCUT2D eigenvalue weighted by Crippen LogP contribution is 2.36. The molecule has 3 rings (SSSR count). The number of nitro benzene ring substituents is 1. The molecule has 34 heavy (non-hydrogen) atoms. The van der Waals surface area contributed by atoms with E-state index in [0.29, 0.717) is 31.0 Å². The van der Waals surface area contributed by atoms with Crippen molar-refractivity contribution in [3.05, 3.63) is 101 Å². The molecule has 0 heterocycles. The first kappa shape index (κ1) is 25.4. The van der Waals surface area contributed by atoms with Crippen LogP contribution in [0, 0.1) is 28.4 Å². The molecule has 0 fully saturated rings. The Labute approximate surface area is 217 Å². The smallest absolute Gasteiger partial charge is 0.269 e. The number of carbonyl (C=O) groups is 1. The number of nitriles is 1. The predicted molar refractivity (Wildman–Crippen MR) is 138 cm³/mol. The van der Waals surface area contributed by atoms with Crippen molar-refractivity contribution < 1.29 is 14.5 Å². The van der Waals surface area contributed by atoms with E-state index in [-0.39, 0.29) is 17.9 Å². The largest absolute Gasteiger partial charge is 0.487 e. The molecule has 0 saturated carbocycles. The number of hydrogen-bond acceptors (Lipinski definition) is 5. The summed E-state index contributed by atoms with van der Waals surface area (Å²) in [5.41, 5.74) is 2.61. The van der Waals surface area contributed by atoms with Crippen molar-refractivity contribution in [3.63, 3.8) is 0 Å². The summed E-state index contributed by atoms with van der Waals surface area (Å²) in [6.07, 6.45) is 1.46. The molecule has 0 radical (unpaired) electrons. The van der Waals surface area contributed by atoms with Gasteiger partial charge >= 0.3 is 0 Å². The summed E-state index contributed by atoms with van der Waals surface area (Å²) < 4.78 is 7.04. The van der Waals surface area contributed by atoms with Crippen LogP contribution in [0.25, 0.3) is 6.08 Å². The third kappa shape index (κ3) is 6.44. The normalized spacial score (nSPS) is 11.0. The van der Waals surface area contributed by atoms with E-state index in [1.54, 1.807) is 42.5 Å². The van der Waals surface area contributed by atoms with Gasteiger partial charge in [-0.05, 0) is 97.9 Å². The van der Waals surface area contributed by atoms with Crippen LogP contribution in [0.15, 0.2) is 69.1 Å². The van der Waals surface area contributed by atoms with Crippen LogP contribution in [0.5, 0.6) is 5.75 Å². The first-order valence-electron chi connectivity index (χ1n) is 9.72. The molecule has 172 valence electrons. The first-order chi connectivity index (χ1) is 16.2. The van der Waals surface area contributed by atoms with E-state index in [1.807, 2.05) is 13.0 Å². The monoisotopic (exact) mass is 603 g/mol. The van der Waals surface area contributed by atoms with Crippen LogP contribution in [-0.4, -0.2) is 10.8 Å². The zero-order valence-electron chi connectivity index (χ0n) is 17.6. The van der Waals surface area contributed by atoms with Gasteiger partial charge in [-0.3, -0.25) is 14.9 Å². The van der Waals surface area contributed by atoms with Gasteiger partial charge < -0.3 is 10.1 Å². The Hall–Kier alpha value is -3.19. The fourth-order valence-electron chi connectivity index (χ4n) is 2.90. The van der Waals surface area contributed by atoms with Crippen LogP contribution >= 0.6 is 43.5 Å².